The third-order valence-corrected chi connectivity index (χ3v) is 5.30. The van der Waals surface area contributed by atoms with Crippen LogP contribution < -0.4 is 15.5 Å². The first kappa shape index (κ1) is 21.0. The summed E-state index contributed by atoms with van der Waals surface area (Å²) in [5.41, 5.74) is 2.51. The Bertz CT molecular complexity index is 711. The van der Waals surface area contributed by atoms with E-state index in [9.17, 15) is 9.59 Å². The number of nitrogens with zero attached hydrogens (tertiary/aromatic N) is 4. The van der Waals surface area contributed by atoms with Crippen LogP contribution in [0.25, 0.3) is 0 Å². The number of rotatable bonds is 7. The molecule has 2 heterocycles. The van der Waals surface area contributed by atoms with E-state index in [0.29, 0.717) is 6.54 Å². The zero-order chi connectivity index (χ0) is 20.6. The maximum atomic E-state index is 11.7. The molecule has 2 saturated heterocycles. The van der Waals surface area contributed by atoms with Gasteiger partial charge in [-0.1, -0.05) is 12.1 Å². The number of benzene rings is 1. The molecule has 0 saturated carbocycles. The van der Waals surface area contributed by atoms with Crippen LogP contribution in [0.5, 0.6) is 0 Å². The van der Waals surface area contributed by atoms with Gasteiger partial charge < -0.3 is 20.4 Å². The predicted octanol–water partition coefficient (Wildman–Crippen LogP) is 1.63. The fourth-order valence-corrected chi connectivity index (χ4v) is 3.72. The molecule has 0 unspecified atom stereocenters. The number of hydrogen-bond donors (Lipinski definition) is 2. The molecule has 2 N–H and O–H groups in total. The second-order valence-corrected chi connectivity index (χ2v) is 7.51. The van der Waals surface area contributed by atoms with Gasteiger partial charge in [0.2, 0.25) is 5.91 Å². The summed E-state index contributed by atoms with van der Waals surface area (Å²) in [7, 11) is 1.99. The Balaban J connectivity index is 1.56. The summed E-state index contributed by atoms with van der Waals surface area (Å²) in [6.07, 6.45) is 3.89. The first-order valence-corrected chi connectivity index (χ1v) is 10.5. The number of hydrogen-bond acceptors (Lipinski definition) is 4. The van der Waals surface area contributed by atoms with Crippen molar-refractivity contribution in [3.8, 4) is 0 Å². The van der Waals surface area contributed by atoms with Gasteiger partial charge in [0.1, 0.15) is 0 Å². The normalized spacial score (nSPS) is 17.5. The van der Waals surface area contributed by atoms with Gasteiger partial charge in [0, 0.05) is 38.9 Å². The smallest absolute Gasteiger partial charge is 0.324 e. The number of guanidine groups is 1. The van der Waals surface area contributed by atoms with Crippen LogP contribution in [0.2, 0.25) is 0 Å². The van der Waals surface area contributed by atoms with Crippen molar-refractivity contribution < 1.29 is 9.59 Å². The number of urea groups is 1. The molecule has 1 aromatic rings. The fourth-order valence-electron chi connectivity index (χ4n) is 3.72. The highest BCUT2D eigenvalue weighted by atomic mass is 16.2. The van der Waals surface area contributed by atoms with E-state index in [1.54, 1.807) is 0 Å². The second-order valence-electron chi connectivity index (χ2n) is 7.51. The minimum Gasteiger partial charge on any atom is -0.372 e. The molecule has 1 aromatic carbocycles. The van der Waals surface area contributed by atoms with Crippen molar-refractivity contribution in [1.82, 2.24) is 20.4 Å². The highest BCUT2D eigenvalue weighted by Gasteiger charge is 2.27. The zero-order valence-electron chi connectivity index (χ0n) is 17.5. The highest BCUT2D eigenvalue weighted by molar-refractivity contribution is 6.01. The van der Waals surface area contributed by atoms with Crippen molar-refractivity contribution in [3.05, 3.63) is 29.8 Å². The van der Waals surface area contributed by atoms with Crippen LogP contribution in [-0.2, 0) is 11.3 Å². The number of piperidine rings is 1. The van der Waals surface area contributed by atoms with Crippen LogP contribution in [0.3, 0.4) is 0 Å². The first-order valence-electron chi connectivity index (χ1n) is 10.5. The average Bonchev–Trinajstić information content (AvgIpc) is 3.06. The molecule has 8 heteroatoms. The Morgan fingerprint density at radius 1 is 1.17 bits per heavy atom. The second kappa shape index (κ2) is 10.1. The van der Waals surface area contributed by atoms with Crippen molar-refractivity contribution >= 4 is 23.6 Å². The number of aliphatic imine (C=N–C) groups is 1. The summed E-state index contributed by atoms with van der Waals surface area (Å²) >= 11 is 0. The summed E-state index contributed by atoms with van der Waals surface area (Å²) in [5, 5.41) is 5.80. The average molecular weight is 401 g/mol. The van der Waals surface area contributed by atoms with E-state index < -0.39 is 0 Å². The van der Waals surface area contributed by atoms with E-state index in [-0.39, 0.29) is 25.0 Å². The Morgan fingerprint density at radius 2 is 1.90 bits per heavy atom. The molecule has 2 fully saturated rings. The van der Waals surface area contributed by atoms with E-state index >= 15 is 0 Å². The lowest BCUT2D eigenvalue weighted by Gasteiger charge is -2.29. The van der Waals surface area contributed by atoms with Crippen LogP contribution in [0, 0.1) is 0 Å². The number of carbonyl (C=O) groups excluding carboxylic acids is 2. The lowest BCUT2D eigenvalue weighted by Crippen LogP contribution is -2.39. The standard InChI is InChI=1S/C21H32N6O2/c1-3-22-20(23-11-14-27-19(28)15-24-21(27)29)25(2)16-17-7-9-18(10-8-17)26-12-5-4-6-13-26/h7-10H,3-6,11-16H2,1-2H3,(H,22,23)(H,24,29). The lowest BCUT2D eigenvalue weighted by atomic mass is 10.1. The minimum absolute atomic E-state index is 0.0793. The monoisotopic (exact) mass is 400 g/mol. The number of imide groups is 1. The van der Waals surface area contributed by atoms with Gasteiger partial charge in [-0.2, -0.15) is 0 Å². The molecule has 0 bridgehead atoms. The maximum absolute atomic E-state index is 11.7. The van der Waals surface area contributed by atoms with Crippen LogP contribution >= 0.6 is 0 Å². The molecule has 158 valence electrons. The maximum Gasteiger partial charge on any atom is 0.324 e. The number of carbonyl (C=O) groups is 2. The highest BCUT2D eigenvalue weighted by Crippen LogP contribution is 2.20. The largest absolute Gasteiger partial charge is 0.372 e. The molecule has 29 heavy (non-hydrogen) atoms. The van der Waals surface area contributed by atoms with Gasteiger partial charge >= 0.3 is 6.03 Å². The molecule has 0 aliphatic carbocycles. The quantitative estimate of drug-likeness (QED) is 0.413. The van der Waals surface area contributed by atoms with Crippen LogP contribution in [0.4, 0.5) is 10.5 Å². The topological polar surface area (TPSA) is 80.3 Å². The van der Waals surface area contributed by atoms with E-state index in [4.69, 9.17) is 0 Å². The van der Waals surface area contributed by atoms with Crippen molar-refractivity contribution in [2.45, 2.75) is 32.7 Å². The van der Waals surface area contributed by atoms with Crippen LogP contribution in [-0.4, -0.2) is 74.0 Å². The van der Waals surface area contributed by atoms with Crippen molar-refractivity contribution in [1.29, 1.82) is 0 Å². The van der Waals surface area contributed by atoms with E-state index in [0.717, 1.165) is 32.1 Å². The third-order valence-electron chi connectivity index (χ3n) is 5.30. The first-order chi connectivity index (χ1) is 14.1. The molecular formula is C21H32N6O2. The molecule has 2 aliphatic heterocycles. The number of nitrogens with one attached hydrogen (secondary N) is 2. The van der Waals surface area contributed by atoms with Crippen molar-refractivity contribution in [2.75, 3.05) is 51.2 Å². The fraction of sp³-hybridized carbons (Fsp3) is 0.571. The Kier molecular flexibility index (Phi) is 7.32. The van der Waals surface area contributed by atoms with Crippen LogP contribution in [0.1, 0.15) is 31.7 Å². The molecule has 8 nitrogen and oxygen atoms in total. The van der Waals surface area contributed by atoms with E-state index in [1.165, 1.54) is 35.4 Å². The molecule has 3 rings (SSSR count). The summed E-state index contributed by atoms with van der Waals surface area (Å²) in [6.45, 7) is 6.54. The van der Waals surface area contributed by atoms with Gasteiger partial charge in [-0.05, 0) is 43.9 Å². The number of amides is 3. The van der Waals surface area contributed by atoms with E-state index in [1.807, 2.05) is 14.0 Å². The van der Waals surface area contributed by atoms with Gasteiger partial charge in [-0.3, -0.25) is 14.7 Å². The van der Waals surface area contributed by atoms with Gasteiger partial charge in [-0.15, -0.1) is 0 Å². The Morgan fingerprint density at radius 3 is 2.52 bits per heavy atom. The summed E-state index contributed by atoms with van der Waals surface area (Å²) < 4.78 is 0. The molecule has 0 radical (unpaired) electrons. The summed E-state index contributed by atoms with van der Waals surface area (Å²) in [6, 6.07) is 8.43. The van der Waals surface area contributed by atoms with Gasteiger partial charge in [0.15, 0.2) is 5.96 Å². The summed E-state index contributed by atoms with van der Waals surface area (Å²) in [5.74, 6) is 0.567. The molecular weight excluding hydrogens is 368 g/mol. The minimum atomic E-state index is -0.336. The molecule has 2 aliphatic rings. The van der Waals surface area contributed by atoms with Gasteiger partial charge in [0.05, 0.1) is 19.6 Å². The Hall–Kier alpha value is -2.77. The molecule has 0 atom stereocenters. The Labute approximate surface area is 172 Å². The van der Waals surface area contributed by atoms with Crippen LogP contribution in [0.15, 0.2) is 29.3 Å². The molecule has 3 amide bonds. The SMILES string of the molecule is CCNC(=NCCN1C(=O)CNC1=O)N(C)Cc1ccc(N2CCCCC2)cc1. The predicted molar refractivity (Wildman–Crippen MR) is 115 cm³/mol. The van der Waals surface area contributed by atoms with Crippen molar-refractivity contribution in [3.63, 3.8) is 0 Å². The molecule has 0 spiro atoms. The summed E-state index contributed by atoms with van der Waals surface area (Å²) in [4.78, 5) is 33.6. The molecule has 0 aromatic heterocycles. The lowest BCUT2D eigenvalue weighted by molar-refractivity contribution is -0.124. The van der Waals surface area contributed by atoms with E-state index in [2.05, 4.69) is 49.7 Å². The third kappa shape index (κ3) is 5.62. The number of anilines is 1. The zero-order valence-corrected chi connectivity index (χ0v) is 17.5. The van der Waals surface area contributed by atoms with Crippen molar-refractivity contribution in [2.24, 2.45) is 4.99 Å². The van der Waals surface area contributed by atoms with Gasteiger partial charge in [-0.25, -0.2) is 4.79 Å². The van der Waals surface area contributed by atoms with Gasteiger partial charge in [0.25, 0.3) is 0 Å².